The van der Waals surface area contributed by atoms with Gasteiger partial charge in [0.05, 0.1) is 0 Å². The van der Waals surface area contributed by atoms with Crippen LogP contribution >= 0.6 is 8.92 Å². The van der Waals surface area contributed by atoms with Gasteiger partial charge in [-0.3, -0.25) is 0 Å². The number of halogens is 1. The van der Waals surface area contributed by atoms with Gasteiger partial charge in [-0.15, -0.1) is 0 Å². The third-order valence-corrected chi connectivity index (χ3v) is 27.7. The van der Waals surface area contributed by atoms with E-state index in [4.69, 9.17) is 10.3 Å². The van der Waals surface area contributed by atoms with Gasteiger partial charge in [0, 0.05) is 0 Å². The van der Waals surface area contributed by atoms with Crippen molar-refractivity contribution in [2.75, 3.05) is 0 Å². The Labute approximate surface area is 105 Å². The molecule has 0 rings (SSSR count). The Hall–Kier alpha value is 1.85. The fourth-order valence-corrected chi connectivity index (χ4v) is 30.8. The zero-order valence-corrected chi connectivity index (χ0v) is 16.5. The predicted molar refractivity (Wildman–Crippen MR) is 69.6 cm³/mol. The molecule has 0 fully saturated rings. The summed E-state index contributed by atoms with van der Waals surface area (Å²) in [5.41, 5.74) is 0. The Balaban J connectivity index is 3.84. The van der Waals surface area contributed by atoms with Crippen molar-refractivity contribution in [2.24, 2.45) is 0 Å². The van der Waals surface area contributed by atoms with Gasteiger partial charge in [-0.2, -0.15) is 0 Å². The van der Waals surface area contributed by atoms with Gasteiger partial charge in [0.25, 0.3) is 0 Å². The van der Waals surface area contributed by atoms with E-state index in [9.17, 15) is 0 Å². The van der Waals surface area contributed by atoms with Crippen LogP contribution in [0.25, 0.3) is 0 Å². The number of hydrogen-bond acceptors (Lipinski definition) is 1. The van der Waals surface area contributed by atoms with Gasteiger partial charge in [0.2, 0.25) is 0 Å². The molecule has 0 aliphatic carbocycles. The van der Waals surface area contributed by atoms with Crippen LogP contribution in [0.2, 0.25) is 18.8 Å². The quantitative estimate of drug-likeness (QED) is 0.511. The maximum atomic E-state index is 6.32. The molecule has 0 heterocycles. The van der Waals surface area contributed by atoms with Crippen LogP contribution in [0.15, 0.2) is 0 Å². The van der Waals surface area contributed by atoms with Gasteiger partial charge in [-0.25, -0.2) is 0 Å². The molecule has 1 nitrogen and oxygen atoms in total. The molecule has 0 unspecified atom stereocenters. The van der Waals surface area contributed by atoms with Crippen LogP contribution in [0.5, 0.6) is 0 Å². The monoisotopic (exact) mass is 435 g/mol. The summed E-state index contributed by atoms with van der Waals surface area (Å²) >= 11 is -3.95. The molecule has 4 heteroatoms. The Morgan fingerprint density at radius 3 is 1.79 bits per heavy atom. The van der Waals surface area contributed by atoms with Crippen molar-refractivity contribution in [3.05, 3.63) is 0 Å². The van der Waals surface area contributed by atoms with Gasteiger partial charge in [-0.05, 0) is 0 Å². The Morgan fingerprint density at radius 2 is 1.50 bits per heavy atom. The van der Waals surface area contributed by atoms with Crippen LogP contribution in [-0.2, 0) is 1.41 Å². The summed E-state index contributed by atoms with van der Waals surface area (Å²) in [5.74, 6) is 0. The minimum absolute atomic E-state index is 1.30. The summed E-state index contributed by atoms with van der Waals surface area (Å²) in [5, 5.41) is 0. The molecule has 1 radical (unpaired) electrons. The van der Waals surface area contributed by atoms with E-state index >= 15 is 0 Å². The second kappa shape index (κ2) is 8.94. The molecule has 0 aliphatic heterocycles. The molecule has 0 atom stereocenters. The molecule has 0 aromatic rings. The molecule has 0 spiro atoms. The molecular formula is C10H24ClOSn2. The summed E-state index contributed by atoms with van der Waals surface area (Å²) in [6, 6.07) is 0. The fraction of sp³-hybridized carbons (Fsp3) is 1.00. The zero-order chi connectivity index (χ0) is 11.0. The van der Waals surface area contributed by atoms with E-state index in [1.807, 2.05) is 0 Å². The van der Waals surface area contributed by atoms with E-state index in [0.717, 1.165) is 0 Å². The molecule has 0 aromatic heterocycles. The third-order valence-electron chi connectivity index (χ3n) is 2.01. The van der Waals surface area contributed by atoms with Crippen LogP contribution in [0.3, 0.4) is 0 Å². The SMILES string of the molecule is CCC[CH2][Sn]([CH2]CCC)[O][Sn]([CH3])([CH3])[Cl]. The molecule has 0 N–H and O–H groups in total. The van der Waals surface area contributed by atoms with Crippen LogP contribution in [0.1, 0.15) is 39.5 Å². The van der Waals surface area contributed by atoms with Crippen LogP contribution < -0.4 is 0 Å². The maximum absolute atomic E-state index is 6.32. The molecule has 0 aliphatic rings. The number of rotatable bonds is 8. The molecule has 0 bridgehead atoms. The summed E-state index contributed by atoms with van der Waals surface area (Å²) in [7, 11) is 6.32. The van der Waals surface area contributed by atoms with Crippen molar-refractivity contribution < 1.29 is 1.41 Å². The second-order valence-electron chi connectivity index (χ2n) is 4.21. The van der Waals surface area contributed by atoms with Gasteiger partial charge in [0.15, 0.2) is 0 Å². The predicted octanol–water partition coefficient (Wildman–Crippen LogP) is 4.54. The summed E-state index contributed by atoms with van der Waals surface area (Å²) in [6.45, 7) is 4.52. The van der Waals surface area contributed by atoms with Crippen molar-refractivity contribution >= 4 is 46.8 Å². The van der Waals surface area contributed by atoms with Crippen molar-refractivity contribution in [3.8, 4) is 0 Å². The van der Waals surface area contributed by atoms with Crippen molar-refractivity contribution in [2.45, 2.75) is 58.3 Å². The van der Waals surface area contributed by atoms with Crippen LogP contribution in [0.4, 0.5) is 0 Å². The first-order valence-electron chi connectivity index (χ1n) is 5.72. The fourth-order valence-electron chi connectivity index (χ4n) is 1.32. The molecular weight excluding hydrogens is 409 g/mol. The van der Waals surface area contributed by atoms with Crippen LogP contribution in [-0.4, -0.2) is 37.8 Å². The molecule has 0 aromatic carbocycles. The van der Waals surface area contributed by atoms with Gasteiger partial charge in [-0.1, -0.05) is 0 Å². The molecule has 85 valence electrons. The molecule has 0 saturated heterocycles. The third kappa shape index (κ3) is 10.4. The first-order valence-corrected chi connectivity index (χ1v) is 21.4. The van der Waals surface area contributed by atoms with Gasteiger partial charge >= 0.3 is 106 Å². The minimum atomic E-state index is -2.45. The van der Waals surface area contributed by atoms with Crippen molar-refractivity contribution in [3.63, 3.8) is 0 Å². The van der Waals surface area contributed by atoms with E-state index in [1.165, 1.54) is 34.6 Å². The Bertz CT molecular complexity index is 129. The average molecular weight is 433 g/mol. The van der Waals surface area contributed by atoms with Crippen LogP contribution in [0, 0.1) is 0 Å². The first-order chi connectivity index (χ1) is 6.49. The van der Waals surface area contributed by atoms with Gasteiger partial charge in [0.1, 0.15) is 0 Å². The van der Waals surface area contributed by atoms with E-state index in [2.05, 4.69) is 23.7 Å². The molecule has 0 saturated carbocycles. The number of hydrogen-bond donors (Lipinski definition) is 0. The first kappa shape index (κ1) is 15.8. The van der Waals surface area contributed by atoms with E-state index < -0.39 is 37.8 Å². The topological polar surface area (TPSA) is 9.23 Å². The van der Waals surface area contributed by atoms with E-state index in [0.29, 0.717) is 0 Å². The summed E-state index contributed by atoms with van der Waals surface area (Å²) in [6.07, 6.45) is 5.32. The molecule has 14 heavy (non-hydrogen) atoms. The standard InChI is InChI=1S/2C4H9.2CH3.ClH.O.2Sn/c2*1-3-4-2;;;;;;/h2*1,3-4H2,2H3;2*1H3;1H;;;/q;;;;;;;+1/p-1. The zero-order valence-electron chi connectivity index (χ0n) is 10.0. The number of unbranched alkanes of at least 4 members (excludes halogenated alkanes) is 2. The average Bonchev–Trinajstić information content (AvgIpc) is 2.07. The molecule has 0 amide bonds. The van der Waals surface area contributed by atoms with E-state index in [1.54, 1.807) is 0 Å². The Kier molecular flexibility index (Phi) is 10.1. The van der Waals surface area contributed by atoms with E-state index in [-0.39, 0.29) is 0 Å². The second-order valence-corrected chi connectivity index (χ2v) is 28.5. The Morgan fingerprint density at radius 1 is 1.07 bits per heavy atom. The van der Waals surface area contributed by atoms with Crippen molar-refractivity contribution in [1.29, 1.82) is 0 Å². The summed E-state index contributed by atoms with van der Waals surface area (Å²) < 4.78 is 9.00. The normalized spacial score (nSPS) is 12.4. The summed E-state index contributed by atoms with van der Waals surface area (Å²) in [4.78, 5) is 4.35. The van der Waals surface area contributed by atoms with Gasteiger partial charge < -0.3 is 0 Å². The van der Waals surface area contributed by atoms with Crippen molar-refractivity contribution in [1.82, 2.24) is 0 Å².